The fraction of sp³-hybridized carbons (Fsp3) is 0.667. The normalized spacial score (nSPS) is 19.5. The quantitative estimate of drug-likeness (QED) is 0.627. The molecule has 0 radical (unpaired) electrons. The topological polar surface area (TPSA) is 20.3 Å². The summed E-state index contributed by atoms with van der Waals surface area (Å²) in [6, 6.07) is 0. The van der Waals surface area contributed by atoms with Crippen LogP contribution in [0, 0.1) is 0 Å². The number of halogens is 1. The summed E-state index contributed by atoms with van der Waals surface area (Å²) in [6.45, 7) is 6.98. The van der Waals surface area contributed by atoms with Gasteiger partial charge in [0.15, 0.2) is 0 Å². The average Bonchev–Trinajstić information content (AvgIpc) is 1.83. The Bertz CT molecular complexity index is 227. The van der Waals surface area contributed by atoms with E-state index in [1.165, 1.54) is 0 Å². The third-order valence-corrected chi connectivity index (χ3v) is 2.56. The second kappa shape index (κ2) is 3.21. The van der Waals surface area contributed by atoms with Gasteiger partial charge in [0.1, 0.15) is 0 Å². The fourth-order valence-corrected chi connectivity index (χ4v) is 1.65. The molecule has 0 saturated heterocycles. The average molecular weight is 232 g/mol. The van der Waals surface area contributed by atoms with Crippen LogP contribution in [0.15, 0.2) is 10.6 Å². The minimum absolute atomic E-state index is 0.0543. The van der Waals surface area contributed by atoms with Crippen LogP contribution in [0.4, 0.5) is 0 Å². The molecule has 0 aromatic rings. The van der Waals surface area contributed by atoms with Crippen LogP contribution < -0.4 is 0 Å². The first-order valence-electron chi connectivity index (χ1n) is 4.09. The molecule has 12 heavy (non-hydrogen) atoms. The fourth-order valence-electron chi connectivity index (χ4n) is 1.28. The summed E-state index contributed by atoms with van der Waals surface area (Å²) in [5.74, 6) is 0.112. The Balaban J connectivity index is 2.79. The molecule has 0 saturated carbocycles. The molecule has 0 N–H and O–H groups in total. The Morgan fingerprint density at radius 3 is 2.50 bits per heavy atom. The molecule has 1 rings (SSSR count). The van der Waals surface area contributed by atoms with Gasteiger partial charge in [-0.25, -0.2) is 0 Å². The molecule has 0 fully saturated rings. The van der Waals surface area contributed by atoms with Gasteiger partial charge in [-0.05, 0) is 27.2 Å². The summed E-state index contributed by atoms with van der Waals surface area (Å²) in [6.07, 6.45) is 2.60. The van der Waals surface area contributed by atoms with Crippen molar-refractivity contribution in [3.63, 3.8) is 0 Å². The van der Waals surface area contributed by atoms with Crippen molar-refractivity contribution in [3.05, 3.63) is 10.6 Å². The highest BCUT2D eigenvalue weighted by atomic mass is 79.9. The molecule has 3 heteroatoms. The van der Waals surface area contributed by atoms with Crippen molar-refractivity contribution in [3.8, 4) is 0 Å². The van der Waals surface area contributed by atoms with Crippen LogP contribution in [-0.2, 0) is 4.79 Å². The molecule has 1 aliphatic rings. The van der Waals surface area contributed by atoms with Gasteiger partial charge in [-0.1, -0.05) is 15.9 Å². The molecule has 2 nitrogen and oxygen atoms in total. The Morgan fingerprint density at radius 2 is 2.08 bits per heavy atom. The van der Waals surface area contributed by atoms with E-state index in [0.29, 0.717) is 0 Å². The summed E-state index contributed by atoms with van der Waals surface area (Å²) in [7, 11) is 0. The molecule has 1 heterocycles. The molecule has 0 aromatic heterocycles. The van der Waals surface area contributed by atoms with Crippen molar-refractivity contribution in [2.24, 2.45) is 0 Å². The van der Waals surface area contributed by atoms with E-state index in [2.05, 4.69) is 36.7 Å². The first-order valence-corrected chi connectivity index (χ1v) is 4.88. The molecule has 0 atom stereocenters. The maximum atomic E-state index is 11.5. The van der Waals surface area contributed by atoms with Crippen molar-refractivity contribution >= 4 is 21.8 Å². The van der Waals surface area contributed by atoms with Gasteiger partial charge in [-0.15, -0.1) is 0 Å². The van der Waals surface area contributed by atoms with Gasteiger partial charge in [-0.3, -0.25) is 4.79 Å². The lowest BCUT2D eigenvalue weighted by atomic mass is 10.0. The molecule has 68 valence electrons. The lowest BCUT2D eigenvalue weighted by Gasteiger charge is -2.37. The third kappa shape index (κ3) is 2.09. The van der Waals surface area contributed by atoms with Gasteiger partial charge in [-0.2, -0.15) is 0 Å². The summed E-state index contributed by atoms with van der Waals surface area (Å²) in [5.41, 5.74) is -0.0543. The van der Waals surface area contributed by atoms with E-state index in [9.17, 15) is 4.79 Å². The van der Waals surface area contributed by atoms with Gasteiger partial charge in [0, 0.05) is 22.6 Å². The highest BCUT2D eigenvalue weighted by Gasteiger charge is 2.27. The van der Waals surface area contributed by atoms with Crippen molar-refractivity contribution in [1.29, 1.82) is 0 Å². The summed E-state index contributed by atoms with van der Waals surface area (Å²) in [5, 5.41) is 0. The molecular formula is C9H14BrNO. The van der Waals surface area contributed by atoms with E-state index in [1.54, 1.807) is 6.08 Å². The van der Waals surface area contributed by atoms with Crippen molar-refractivity contribution in [2.75, 3.05) is 6.54 Å². The van der Waals surface area contributed by atoms with E-state index in [-0.39, 0.29) is 11.4 Å². The van der Waals surface area contributed by atoms with Gasteiger partial charge in [0.2, 0.25) is 5.91 Å². The smallest absolute Gasteiger partial charge is 0.247 e. The van der Waals surface area contributed by atoms with E-state index in [1.807, 2.05) is 4.90 Å². The molecular weight excluding hydrogens is 218 g/mol. The predicted molar refractivity (Wildman–Crippen MR) is 53.1 cm³/mol. The molecule has 0 aromatic carbocycles. The predicted octanol–water partition coefficient (Wildman–Crippen LogP) is 2.30. The molecule has 0 unspecified atom stereocenters. The van der Waals surface area contributed by atoms with Gasteiger partial charge < -0.3 is 4.90 Å². The molecule has 0 bridgehead atoms. The van der Waals surface area contributed by atoms with Crippen molar-refractivity contribution < 1.29 is 4.79 Å². The number of nitrogens with zero attached hydrogens (tertiary/aromatic N) is 1. The Morgan fingerprint density at radius 1 is 1.50 bits per heavy atom. The van der Waals surface area contributed by atoms with Crippen LogP contribution >= 0.6 is 15.9 Å². The number of carbonyl (C=O) groups excluding carboxylic acids is 1. The zero-order chi connectivity index (χ0) is 9.35. The van der Waals surface area contributed by atoms with Crippen LogP contribution in [0.3, 0.4) is 0 Å². The molecule has 0 aliphatic carbocycles. The van der Waals surface area contributed by atoms with E-state index >= 15 is 0 Å². The first-order chi connectivity index (χ1) is 5.41. The molecule has 1 amide bonds. The second-order valence-electron chi connectivity index (χ2n) is 4.00. The third-order valence-electron chi connectivity index (χ3n) is 1.93. The van der Waals surface area contributed by atoms with E-state index in [0.717, 1.165) is 17.4 Å². The Hall–Kier alpha value is -0.310. The first kappa shape index (κ1) is 9.78. The number of carbonyl (C=O) groups is 1. The molecule has 1 aliphatic heterocycles. The SMILES string of the molecule is CC(C)(C)N1CCC(Br)=CC1=O. The van der Waals surface area contributed by atoms with Crippen molar-refractivity contribution in [1.82, 2.24) is 4.90 Å². The highest BCUT2D eigenvalue weighted by Crippen LogP contribution is 2.23. The summed E-state index contributed by atoms with van der Waals surface area (Å²) in [4.78, 5) is 13.4. The van der Waals surface area contributed by atoms with E-state index < -0.39 is 0 Å². The molecule has 0 spiro atoms. The van der Waals surface area contributed by atoms with Gasteiger partial charge in [0.25, 0.3) is 0 Å². The van der Waals surface area contributed by atoms with Crippen LogP contribution in [0.2, 0.25) is 0 Å². The second-order valence-corrected chi connectivity index (χ2v) is 5.02. The van der Waals surface area contributed by atoms with Crippen LogP contribution in [0.25, 0.3) is 0 Å². The van der Waals surface area contributed by atoms with Crippen LogP contribution in [0.5, 0.6) is 0 Å². The maximum Gasteiger partial charge on any atom is 0.247 e. The number of hydrogen-bond acceptors (Lipinski definition) is 1. The largest absolute Gasteiger partial charge is 0.334 e. The maximum absolute atomic E-state index is 11.5. The number of hydrogen-bond donors (Lipinski definition) is 0. The van der Waals surface area contributed by atoms with Gasteiger partial charge >= 0.3 is 0 Å². The number of rotatable bonds is 0. The Labute approximate surface area is 81.8 Å². The lowest BCUT2D eigenvalue weighted by Crippen LogP contribution is -2.46. The zero-order valence-electron chi connectivity index (χ0n) is 7.72. The number of amides is 1. The van der Waals surface area contributed by atoms with Gasteiger partial charge in [0.05, 0.1) is 0 Å². The minimum Gasteiger partial charge on any atom is -0.334 e. The minimum atomic E-state index is -0.0543. The van der Waals surface area contributed by atoms with Crippen molar-refractivity contribution in [2.45, 2.75) is 32.7 Å². The Kier molecular flexibility index (Phi) is 2.61. The van der Waals surface area contributed by atoms with E-state index in [4.69, 9.17) is 0 Å². The lowest BCUT2D eigenvalue weighted by molar-refractivity contribution is -0.131. The van der Waals surface area contributed by atoms with Crippen LogP contribution in [0.1, 0.15) is 27.2 Å². The van der Waals surface area contributed by atoms with Crippen LogP contribution in [-0.4, -0.2) is 22.9 Å². The monoisotopic (exact) mass is 231 g/mol. The standard InChI is InChI=1S/C9H14BrNO/c1-9(2,3)11-5-4-7(10)6-8(11)12/h6H,4-5H2,1-3H3. The zero-order valence-corrected chi connectivity index (χ0v) is 9.31. The highest BCUT2D eigenvalue weighted by molar-refractivity contribution is 9.11. The summed E-state index contributed by atoms with van der Waals surface area (Å²) >= 11 is 3.34. The summed E-state index contributed by atoms with van der Waals surface area (Å²) < 4.78 is 1.01.